The van der Waals surface area contributed by atoms with Gasteiger partial charge in [0.15, 0.2) is 5.65 Å². The number of anilines is 1. The fraction of sp³-hybridized carbons (Fsp3) is 0.0385. The molecule has 6 aromatic rings. The lowest BCUT2D eigenvalue weighted by Crippen LogP contribution is -2.01. The van der Waals surface area contributed by atoms with Crippen LogP contribution in [0.3, 0.4) is 0 Å². The standard InChI is InChI=1S/C26H18N4O/c1-2-6-24-18(4-1)13-25(31-24)22-16-27-15-19-8-7-17(12-21(19)22)14-30-23-9-11-29-26-20(23)5-3-10-28-26/h1-13,15-16H,14H2,(H,28,29,30). The summed E-state index contributed by atoms with van der Waals surface area (Å²) < 4.78 is 6.11. The Morgan fingerprint density at radius 1 is 0.774 bits per heavy atom. The third kappa shape index (κ3) is 3.16. The third-order valence-electron chi connectivity index (χ3n) is 5.51. The average Bonchev–Trinajstić information content (AvgIpc) is 3.26. The van der Waals surface area contributed by atoms with E-state index < -0.39 is 0 Å². The molecule has 0 radical (unpaired) electrons. The zero-order valence-electron chi connectivity index (χ0n) is 16.6. The predicted octanol–water partition coefficient (Wildman–Crippen LogP) is 6.20. The van der Waals surface area contributed by atoms with Crippen LogP contribution in [0.15, 0.2) is 95.9 Å². The first-order valence-electron chi connectivity index (χ1n) is 10.1. The molecular formula is C26H18N4O. The topological polar surface area (TPSA) is 63.8 Å². The number of benzene rings is 2. The Labute approximate surface area is 178 Å². The van der Waals surface area contributed by atoms with Gasteiger partial charge >= 0.3 is 0 Å². The lowest BCUT2D eigenvalue weighted by molar-refractivity contribution is 0.632. The summed E-state index contributed by atoms with van der Waals surface area (Å²) in [6, 6.07) is 22.5. The van der Waals surface area contributed by atoms with Crippen molar-refractivity contribution in [2.75, 3.05) is 5.32 Å². The zero-order chi connectivity index (χ0) is 20.6. The molecule has 0 aliphatic carbocycles. The number of pyridine rings is 3. The van der Waals surface area contributed by atoms with Crippen molar-refractivity contribution >= 4 is 38.5 Å². The van der Waals surface area contributed by atoms with E-state index in [2.05, 4.69) is 50.6 Å². The highest BCUT2D eigenvalue weighted by molar-refractivity contribution is 5.97. The fourth-order valence-corrected chi connectivity index (χ4v) is 3.97. The van der Waals surface area contributed by atoms with E-state index in [0.29, 0.717) is 6.54 Å². The summed E-state index contributed by atoms with van der Waals surface area (Å²) in [7, 11) is 0. The van der Waals surface area contributed by atoms with E-state index in [1.807, 2.05) is 48.8 Å². The van der Waals surface area contributed by atoms with Crippen LogP contribution in [0.5, 0.6) is 0 Å². The van der Waals surface area contributed by atoms with Gasteiger partial charge in [0.05, 0.1) is 0 Å². The van der Waals surface area contributed by atoms with Gasteiger partial charge in [-0.1, -0.05) is 30.3 Å². The van der Waals surface area contributed by atoms with E-state index in [1.165, 1.54) is 5.56 Å². The lowest BCUT2D eigenvalue weighted by Gasteiger charge is -2.11. The minimum absolute atomic E-state index is 0.686. The number of fused-ring (bicyclic) bond motifs is 3. The second-order valence-electron chi connectivity index (χ2n) is 7.48. The molecule has 0 unspecified atom stereocenters. The highest BCUT2D eigenvalue weighted by Gasteiger charge is 2.11. The van der Waals surface area contributed by atoms with Crippen molar-refractivity contribution < 1.29 is 4.42 Å². The van der Waals surface area contributed by atoms with Crippen LogP contribution >= 0.6 is 0 Å². The summed E-state index contributed by atoms with van der Waals surface area (Å²) in [5.74, 6) is 0.829. The Hall–Kier alpha value is -4.25. The Morgan fingerprint density at radius 2 is 1.71 bits per heavy atom. The number of nitrogens with one attached hydrogen (secondary N) is 1. The molecule has 1 N–H and O–H groups in total. The van der Waals surface area contributed by atoms with Crippen molar-refractivity contribution in [3.63, 3.8) is 0 Å². The van der Waals surface area contributed by atoms with Crippen molar-refractivity contribution in [3.05, 3.63) is 97.1 Å². The Kier molecular flexibility index (Phi) is 4.10. The minimum atomic E-state index is 0.686. The normalized spacial score (nSPS) is 11.4. The fourth-order valence-electron chi connectivity index (χ4n) is 3.97. The molecule has 0 bridgehead atoms. The molecule has 31 heavy (non-hydrogen) atoms. The highest BCUT2D eigenvalue weighted by atomic mass is 16.3. The first kappa shape index (κ1) is 17.6. The SMILES string of the molecule is c1ccc2oc(-c3cncc4ccc(CNc5ccnc6ncccc56)cc34)cc2c1. The average molecular weight is 402 g/mol. The quantitative estimate of drug-likeness (QED) is 0.380. The molecule has 4 heterocycles. The summed E-state index contributed by atoms with van der Waals surface area (Å²) in [5.41, 5.74) is 4.80. The Bertz CT molecular complexity index is 1520. The second-order valence-corrected chi connectivity index (χ2v) is 7.48. The van der Waals surface area contributed by atoms with E-state index in [1.54, 1.807) is 12.4 Å². The molecule has 0 fully saturated rings. The van der Waals surface area contributed by atoms with Crippen LogP contribution < -0.4 is 5.32 Å². The van der Waals surface area contributed by atoms with Crippen LogP contribution in [0, 0.1) is 0 Å². The summed E-state index contributed by atoms with van der Waals surface area (Å²) in [6.45, 7) is 0.686. The van der Waals surface area contributed by atoms with E-state index in [0.717, 1.165) is 49.8 Å². The molecule has 5 nitrogen and oxygen atoms in total. The molecule has 0 spiro atoms. The maximum absolute atomic E-state index is 6.11. The number of furan rings is 1. The maximum atomic E-state index is 6.11. The van der Waals surface area contributed by atoms with Crippen molar-refractivity contribution in [2.24, 2.45) is 0 Å². The lowest BCUT2D eigenvalue weighted by atomic mass is 10.0. The number of para-hydroxylation sites is 1. The van der Waals surface area contributed by atoms with Crippen LogP contribution in [0.1, 0.15) is 5.56 Å². The van der Waals surface area contributed by atoms with Gasteiger partial charge in [0.1, 0.15) is 11.3 Å². The van der Waals surface area contributed by atoms with Crippen LogP contribution in [-0.4, -0.2) is 15.0 Å². The minimum Gasteiger partial charge on any atom is -0.456 e. The number of nitrogens with zero attached hydrogens (tertiary/aromatic N) is 3. The molecule has 0 aliphatic heterocycles. The smallest absolute Gasteiger partial charge is 0.161 e. The monoisotopic (exact) mass is 402 g/mol. The summed E-state index contributed by atoms with van der Waals surface area (Å²) in [4.78, 5) is 13.1. The van der Waals surface area contributed by atoms with E-state index >= 15 is 0 Å². The molecular weight excluding hydrogens is 384 g/mol. The van der Waals surface area contributed by atoms with E-state index in [-0.39, 0.29) is 0 Å². The van der Waals surface area contributed by atoms with Crippen LogP contribution in [0.2, 0.25) is 0 Å². The van der Waals surface area contributed by atoms with Crippen LogP contribution in [-0.2, 0) is 6.54 Å². The summed E-state index contributed by atoms with van der Waals surface area (Å²) >= 11 is 0. The molecule has 2 aromatic carbocycles. The molecule has 148 valence electrons. The number of hydrogen-bond acceptors (Lipinski definition) is 5. The molecule has 0 amide bonds. The third-order valence-corrected chi connectivity index (χ3v) is 5.51. The van der Waals surface area contributed by atoms with Gasteiger partial charge in [-0.3, -0.25) is 4.98 Å². The highest BCUT2D eigenvalue weighted by Crippen LogP contribution is 2.33. The molecule has 0 saturated carbocycles. The first-order valence-corrected chi connectivity index (χ1v) is 10.1. The van der Waals surface area contributed by atoms with Gasteiger partial charge in [-0.25, -0.2) is 9.97 Å². The van der Waals surface area contributed by atoms with Gasteiger partial charge in [-0.15, -0.1) is 0 Å². The van der Waals surface area contributed by atoms with Crippen LogP contribution in [0.4, 0.5) is 5.69 Å². The molecule has 4 aromatic heterocycles. The molecule has 6 rings (SSSR count). The van der Waals surface area contributed by atoms with Gasteiger partial charge in [0, 0.05) is 58.7 Å². The van der Waals surface area contributed by atoms with Gasteiger partial charge in [0.2, 0.25) is 0 Å². The van der Waals surface area contributed by atoms with Crippen molar-refractivity contribution in [2.45, 2.75) is 6.54 Å². The number of rotatable bonds is 4. The zero-order valence-corrected chi connectivity index (χ0v) is 16.6. The molecule has 5 heteroatoms. The summed E-state index contributed by atoms with van der Waals surface area (Å²) in [5, 5.41) is 7.83. The van der Waals surface area contributed by atoms with Crippen molar-refractivity contribution in [1.29, 1.82) is 0 Å². The Morgan fingerprint density at radius 3 is 2.68 bits per heavy atom. The first-order chi connectivity index (χ1) is 15.3. The van der Waals surface area contributed by atoms with E-state index in [4.69, 9.17) is 4.42 Å². The molecule has 0 aliphatic rings. The Balaban J connectivity index is 1.37. The molecule has 0 saturated heterocycles. The van der Waals surface area contributed by atoms with Gasteiger partial charge < -0.3 is 9.73 Å². The van der Waals surface area contributed by atoms with Crippen molar-refractivity contribution in [3.8, 4) is 11.3 Å². The predicted molar refractivity (Wildman–Crippen MR) is 124 cm³/mol. The maximum Gasteiger partial charge on any atom is 0.161 e. The molecule has 0 atom stereocenters. The van der Waals surface area contributed by atoms with Gasteiger partial charge in [-0.05, 0) is 47.3 Å². The van der Waals surface area contributed by atoms with Crippen molar-refractivity contribution in [1.82, 2.24) is 15.0 Å². The van der Waals surface area contributed by atoms with E-state index in [9.17, 15) is 0 Å². The second kappa shape index (κ2) is 7.22. The van der Waals surface area contributed by atoms with Gasteiger partial charge in [0.25, 0.3) is 0 Å². The number of hydrogen-bond donors (Lipinski definition) is 1. The van der Waals surface area contributed by atoms with Crippen LogP contribution in [0.25, 0.3) is 44.1 Å². The largest absolute Gasteiger partial charge is 0.456 e. The van der Waals surface area contributed by atoms with Gasteiger partial charge in [-0.2, -0.15) is 0 Å². The summed E-state index contributed by atoms with van der Waals surface area (Å²) in [6.07, 6.45) is 7.31. The number of aromatic nitrogens is 3.